The van der Waals surface area contributed by atoms with Gasteiger partial charge in [-0.15, -0.1) is 13.2 Å². The molecule has 0 aromatic heterocycles. The largest absolute Gasteiger partial charge is 0.573 e. The van der Waals surface area contributed by atoms with Gasteiger partial charge in [0.05, 0.1) is 15.5 Å². The van der Waals surface area contributed by atoms with Crippen LogP contribution in [0.4, 0.5) is 23.2 Å². The van der Waals surface area contributed by atoms with Crippen LogP contribution >= 0.6 is 15.9 Å². The van der Waals surface area contributed by atoms with Gasteiger partial charge in [0.2, 0.25) is 5.82 Å². The van der Waals surface area contributed by atoms with Crippen LogP contribution in [0.5, 0.6) is 5.75 Å². The van der Waals surface area contributed by atoms with Crippen molar-refractivity contribution in [1.82, 2.24) is 0 Å². The summed E-state index contributed by atoms with van der Waals surface area (Å²) in [6.45, 7) is 0. The molecule has 4 nitrogen and oxygen atoms in total. The molecule has 1 rings (SSSR count). The minimum atomic E-state index is -5.01. The average Bonchev–Trinajstić information content (AvgIpc) is 2.07. The number of ether oxygens (including phenoxy) is 1. The van der Waals surface area contributed by atoms with Crippen molar-refractivity contribution >= 4 is 21.6 Å². The minimum absolute atomic E-state index is 0.354. The van der Waals surface area contributed by atoms with E-state index in [1.165, 1.54) is 0 Å². The molecule has 16 heavy (non-hydrogen) atoms. The number of rotatable bonds is 2. The van der Waals surface area contributed by atoms with Gasteiger partial charge in [-0.1, -0.05) is 0 Å². The summed E-state index contributed by atoms with van der Waals surface area (Å²) < 4.78 is 51.5. The number of hydrogen-bond acceptors (Lipinski definition) is 3. The van der Waals surface area contributed by atoms with E-state index in [9.17, 15) is 27.7 Å². The van der Waals surface area contributed by atoms with E-state index in [4.69, 9.17) is 0 Å². The van der Waals surface area contributed by atoms with Crippen molar-refractivity contribution in [3.8, 4) is 5.75 Å². The van der Waals surface area contributed by atoms with E-state index in [1.54, 1.807) is 0 Å². The second-order valence-corrected chi connectivity index (χ2v) is 3.39. The normalized spacial score (nSPS) is 11.3. The van der Waals surface area contributed by atoms with E-state index in [0.717, 1.165) is 0 Å². The Balaban J connectivity index is 3.20. The molecule has 0 aliphatic rings. The molecule has 1 aromatic rings. The van der Waals surface area contributed by atoms with E-state index in [1.807, 2.05) is 0 Å². The third-order valence-electron chi connectivity index (χ3n) is 1.42. The number of benzene rings is 1. The van der Waals surface area contributed by atoms with Crippen molar-refractivity contribution in [3.63, 3.8) is 0 Å². The SMILES string of the molecule is O=[N+]([O-])c1cc(OC(F)(F)F)c(Br)cc1F. The summed E-state index contributed by atoms with van der Waals surface area (Å²) >= 11 is 2.60. The van der Waals surface area contributed by atoms with Gasteiger partial charge >= 0.3 is 12.0 Å². The highest BCUT2D eigenvalue weighted by Gasteiger charge is 2.33. The van der Waals surface area contributed by atoms with E-state index in [-0.39, 0.29) is 4.47 Å². The molecule has 0 fully saturated rings. The first-order chi connectivity index (χ1) is 7.20. The number of halogens is 5. The zero-order chi connectivity index (χ0) is 12.5. The van der Waals surface area contributed by atoms with Crippen LogP contribution in [0.2, 0.25) is 0 Å². The first kappa shape index (κ1) is 12.7. The lowest BCUT2D eigenvalue weighted by atomic mass is 10.3. The van der Waals surface area contributed by atoms with Gasteiger partial charge in [-0.2, -0.15) is 4.39 Å². The standard InChI is InChI=1S/C7H2BrF4NO3/c8-3-1-4(9)5(13(14)15)2-6(3)16-7(10,11)12/h1-2H. The van der Waals surface area contributed by atoms with Crippen LogP contribution in [0.25, 0.3) is 0 Å². The second-order valence-electron chi connectivity index (χ2n) is 2.54. The summed E-state index contributed by atoms with van der Waals surface area (Å²) in [5.41, 5.74) is -1.09. The van der Waals surface area contributed by atoms with Gasteiger partial charge in [0, 0.05) is 0 Å². The molecular weight excluding hydrogens is 302 g/mol. The highest BCUT2D eigenvalue weighted by Crippen LogP contribution is 2.35. The summed E-state index contributed by atoms with van der Waals surface area (Å²) in [4.78, 5) is 9.12. The van der Waals surface area contributed by atoms with Crippen molar-refractivity contribution in [2.75, 3.05) is 0 Å². The Bertz CT molecular complexity index is 434. The molecule has 0 unspecified atom stereocenters. The predicted molar refractivity (Wildman–Crippen MR) is 47.4 cm³/mol. The van der Waals surface area contributed by atoms with Crippen LogP contribution in [-0.4, -0.2) is 11.3 Å². The Labute approximate surface area is 94.1 Å². The molecule has 0 heterocycles. The fourth-order valence-corrected chi connectivity index (χ4v) is 1.26. The van der Waals surface area contributed by atoms with Crippen molar-refractivity contribution in [1.29, 1.82) is 0 Å². The molecule has 1 aromatic carbocycles. The van der Waals surface area contributed by atoms with Crippen LogP contribution < -0.4 is 4.74 Å². The molecule has 0 amide bonds. The lowest BCUT2D eigenvalue weighted by molar-refractivity contribution is -0.387. The van der Waals surface area contributed by atoms with Gasteiger partial charge < -0.3 is 4.74 Å². The summed E-state index contributed by atoms with van der Waals surface area (Å²) in [5.74, 6) is -2.13. The second kappa shape index (κ2) is 4.24. The lowest BCUT2D eigenvalue weighted by Gasteiger charge is -2.10. The molecule has 0 atom stereocenters. The van der Waals surface area contributed by atoms with Crippen LogP contribution in [-0.2, 0) is 0 Å². The molecule has 0 saturated carbocycles. The maximum atomic E-state index is 12.9. The molecular formula is C7H2BrF4NO3. The van der Waals surface area contributed by atoms with Crippen molar-refractivity contribution in [2.24, 2.45) is 0 Å². The van der Waals surface area contributed by atoms with Gasteiger partial charge in [-0.3, -0.25) is 10.1 Å². The van der Waals surface area contributed by atoms with Crippen molar-refractivity contribution < 1.29 is 27.2 Å². The van der Waals surface area contributed by atoms with Crippen molar-refractivity contribution in [3.05, 3.63) is 32.5 Å². The topological polar surface area (TPSA) is 52.4 Å². The number of nitro groups is 1. The van der Waals surface area contributed by atoms with E-state index >= 15 is 0 Å². The first-order valence-corrected chi connectivity index (χ1v) is 4.39. The molecule has 0 aliphatic heterocycles. The highest BCUT2D eigenvalue weighted by molar-refractivity contribution is 9.10. The Morgan fingerprint density at radius 1 is 1.38 bits per heavy atom. The van der Waals surface area contributed by atoms with Gasteiger partial charge in [-0.25, -0.2) is 0 Å². The van der Waals surface area contributed by atoms with E-state index < -0.39 is 28.5 Å². The fourth-order valence-electron chi connectivity index (χ4n) is 0.861. The van der Waals surface area contributed by atoms with Gasteiger partial charge in [0.1, 0.15) is 0 Å². The molecule has 0 bridgehead atoms. The summed E-state index contributed by atoms with van der Waals surface area (Å²) in [6, 6.07) is 0.881. The lowest BCUT2D eigenvalue weighted by Crippen LogP contribution is -2.17. The van der Waals surface area contributed by atoms with Crippen LogP contribution in [0.3, 0.4) is 0 Å². The van der Waals surface area contributed by atoms with Gasteiger partial charge in [0.15, 0.2) is 5.75 Å². The van der Waals surface area contributed by atoms with E-state index in [0.29, 0.717) is 12.1 Å². The molecule has 88 valence electrons. The molecule has 0 N–H and O–H groups in total. The maximum absolute atomic E-state index is 12.9. The number of alkyl halides is 3. The van der Waals surface area contributed by atoms with Gasteiger partial charge in [0.25, 0.3) is 0 Å². The zero-order valence-corrected chi connectivity index (χ0v) is 8.80. The Morgan fingerprint density at radius 3 is 2.38 bits per heavy atom. The van der Waals surface area contributed by atoms with Crippen LogP contribution in [0, 0.1) is 15.9 Å². The minimum Gasteiger partial charge on any atom is -0.404 e. The quantitative estimate of drug-likeness (QED) is 0.478. The predicted octanol–water partition coefficient (Wildman–Crippen LogP) is 3.40. The molecule has 9 heteroatoms. The highest BCUT2D eigenvalue weighted by atomic mass is 79.9. The average molecular weight is 304 g/mol. The number of hydrogen-bond donors (Lipinski definition) is 0. The Morgan fingerprint density at radius 2 is 1.94 bits per heavy atom. The summed E-state index contributed by atoms with van der Waals surface area (Å²) in [5, 5.41) is 10.3. The smallest absolute Gasteiger partial charge is 0.404 e. The Hall–Kier alpha value is -1.38. The molecule has 0 aliphatic carbocycles. The third-order valence-corrected chi connectivity index (χ3v) is 2.04. The monoisotopic (exact) mass is 303 g/mol. The molecule has 0 spiro atoms. The zero-order valence-electron chi connectivity index (χ0n) is 7.22. The first-order valence-electron chi connectivity index (χ1n) is 3.60. The number of nitrogens with zero attached hydrogens (tertiary/aromatic N) is 1. The Kier molecular flexibility index (Phi) is 3.36. The summed E-state index contributed by atoms with van der Waals surface area (Å²) in [6.07, 6.45) is -5.01. The van der Waals surface area contributed by atoms with Crippen molar-refractivity contribution in [2.45, 2.75) is 6.36 Å². The number of nitro benzene ring substituents is 1. The third kappa shape index (κ3) is 3.05. The van der Waals surface area contributed by atoms with Gasteiger partial charge in [-0.05, 0) is 22.0 Å². The summed E-state index contributed by atoms with van der Waals surface area (Å²) in [7, 11) is 0. The van der Waals surface area contributed by atoms with Crippen LogP contribution in [0.15, 0.2) is 16.6 Å². The molecule has 0 radical (unpaired) electrons. The maximum Gasteiger partial charge on any atom is 0.573 e. The van der Waals surface area contributed by atoms with E-state index in [2.05, 4.69) is 20.7 Å². The van der Waals surface area contributed by atoms with Crippen LogP contribution in [0.1, 0.15) is 0 Å². The molecule has 0 saturated heterocycles. The fraction of sp³-hybridized carbons (Fsp3) is 0.143.